The quantitative estimate of drug-likeness (QED) is 0.689. The Labute approximate surface area is 129 Å². The van der Waals surface area contributed by atoms with Gasteiger partial charge in [-0.3, -0.25) is 0 Å². The van der Waals surface area contributed by atoms with Crippen LogP contribution in [0.25, 0.3) is 0 Å². The first-order valence-electron chi connectivity index (χ1n) is 7.71. The van der Waals surface area contributed by atoms with Gasteiger partial charge in [-0.2, -0.15) is 0 Å². The lowest BCUT2D eigenvalue weighted by Crippen LogP contribution is -2.24. The van der Waals surface area contributed by atoms with E-state index in [-0.39, 0.29) is 6.04 Å². The minimum Gasteiger partial charge on any atom is -0.346 e. The molecule has 0 radical (unpaired) electrons. The van der Waals surface area contributed by atoms with Crippen molar-refractivity contribution in [3.63, 3.8) is 0 Å². The van der Waals surface area contributed by atoms with Gasteiger partial charge in [0.15, 0.2) is 0 Å². The van der Waals surface area contributed by atoms with Gasteiger partial charge >= 0.3 is 0 Å². The van der Waals surface area contributed by atoms with E-state index in [0.29, 0.717) is 24.0 Å². The van der Waals surface area contributed by atoms with E-state index in [2.05, 4.69) is 37.7 Å². The topological polar surface area (TPSA) is 63.1 Å². The fourth-order valence-electron chi connectivity index (χ4n) is 2.04. The largest absolute Gasteiger partial charge is 0.346 e. The van der Waals surface area contributed by atoms with Crippen molar-refractivity contribution in [3.05, 3.63) is 18.0 Å². The highest BCUT2D eigenvalue weighted by molar-refractivity contribution is 7.89. The lowest BCUT2D eigenvalue weighted by molar-refractivity contribution is 0.525. The van der Waals surface area contributed by atoms with Crippen molar-refractivity contribution in [2.75, 3.05) is 6.54 Å². The number of hydrogen-bond donors (Lipinski definition) is 2. The second kappa shape index (κ2) is 7.96. The Balaban J connectivity index is 2.95. The summed E-state index contributed by atoms with van der Waals surface area (Å²) in [6.45, 7) is 11.5. The van der Waals surface area contributed by atoms with Gasteiger partial charge in [-0.1, -0.05) is 27.2 Å². The van der Waals surface area contributed by atoms with Crippen LogP contribution in [0.3, 0.4) is 0 Å². The maximum absolute atomic E-state index is 12.3. The summed E-state index contributed by atoms with van der Waals surface area (Å²) in [6, 6.07) is 2.36. The molecule has 1 aromatic rings. The minimum atomic E-state index is -3.40. The number of rotatable bonds is 9. The lowest BCUT2D eigenvalue weighted by Gasteiger charge is -2.14. The second-order valence-corrected chi connectivity index (χ2v) is 7.72. The molecule has 1 aromatic heterocycles. The first-order chi connectivity index (χ1) is 9.77. The third-order valence-corrected chi connectivity index (χ3v) is 4.72. The van der Waals surface area contributed by atoms with Gasteiger partial charge in [-0.25, -0.2) is 13.1 Å². The summed E-state index contributed by atoms with van der Waals surface area (Å²) >= 11 is 0. The van der Waals surface area contributed by atoms with Crippen molar-refractivity contribution in [1.29, 1.82) is 0 Å². The molecule has 0 fully saturated rings. The summed E-state index contributed by atoms with van der Waals surface area (Å²) in [5.74, 6) is 0. The molecule has 0 saturated heterocycles. The number of nitrogens with one attached hydrogen (secondary N) is 2. The van der Waals surface area contributed by atoms with Crippen molar-refractivity contribution >= 4 is 10.0 Å². The molecule has 0 aromatic carbocycles. The highest BCUT2D eigenvalue weighted by Gasteiger charge is 2.19. The highest BCUT2D eigenvalue weighted by Crippen LogP contribution is 2.19. The van der Waals surface area contributed by atoms with Crippen LogP contribution in [0, 0.1) is 0 Å². The van der Waals surface area contributed by atoms with E-state index in [4.69, 9.17) is 0 Å². The molecular formula is C15H29N3O2S. The molecule has 21 heavy (non-hydrogen) atoms. The lowest BCUT2D eigenvalue weighted by atomic mass is 10.3. The van der Waals surface area contributed by atoms with Gasteiger partial charge in [0.25, 0.3) is 0 Å². The number of hydrogen-bond acceptors (Lipinski definition) is 3. The van der Waals surface area contributed by atoms with Gasteiger partial charge in [-0.15, -0.1) is 0 Å². The Hall–Kier alpha value is -0.850. The first kappa shape index (κ1) is 18.2. The zero-order valence-electron chi connectivity index (χ0n) is 13.8. The molecule has 0 aliphatic heterocycles. The normalized spacial score (nSPS) is 12.5. The number of unbranched alkanes of at least 4 members (excludes halogenated alkanes) is 1. The van der Waals surface area contributed by atoms with E-state index in [1.807, 2.05) is 11.5 Å². The third-order valence-electron chi connectivity index (χ3n) is 3.29. The maximum atomic E-state index is 12.3. The number of nitrogens with zero attached hydrogens (tertiary/aromatic N) is 1. The van der Waals surface area contributed by atoms with E-state index in [1.165, 1.54) is 0 Å². The second-order valence-electron chi connectivity index (χ2n) is 5.96. The van der Waals surface area contributed by atoms with Crippen LogP contribution in [0.1, 0.15) is 59.2 Å². The molecule has 0 spiro atoms. The summed E-state index contributed by atoms with van der Waals surface area (Å²) in [6.07, 6.45) is 3.56. The SMILES string of the molecule is CCCCNS(=O)(=O)c1cc(CNC(C)C)n(C(C)C)c1. The standard InChI is InChI=1S/C15H29N3O2S/c1-6-7-8-17-21(19,20)15-9-14(10-16-12(2)3)18(11-15)13(4)5/h9,11-13,16-17H,6-8,10H2,1-5H3. The van der Waals surface area contributed by atoms with Gasteiger partial charge in [0.05, 0.1) is 4.90 Å². The van der Waals surface area contributed by atoms with Crippen LogP contribution in [0.4, 0.5) is 0 Å². The highest BCUT2D eigenvalue weighted by atomic mass is 32.2. The van der Waals surface area contributed by atoms with E-state index in [1.54, 1.807) is 12.3 Å². The van der Waals surface area contributed by atoms with Crippen molar-refractivity contribution in [2.45, 2.75) is 71.0 Å². The Bertz CT molecular complexity index is 533. The number of sulfonamides is 1. The molecule has 0 saturated carbocycles. The third kappa shape index (κ3) is 5.45. The van der Waals surface area contributed by atoms with Crippen molar-refractivity contribution in [1.82, 2.24) is 14.6 Å². The molecular weight excluding hydrogens is 286 g/mol. The fraction of sp³-hybridized carbons (Fsp3) is 0.733. The van der Waals surface area contributed by atoms with Crippen LogP contribution in [0.5, 0.6) is 0 Å². The summed E-state index contributed by atoms with van der Waals surface area (Å²) in [4.78, 5) is 0.354. The van der Waals surface area contributed by atoms with Crippen LogP contribution in [-0.4, -0.2) is 25.6 Å². The van der Waals surface area contributed by atoms with Gasteiger partial charge in [-0.05, 0) is 26.3 Å². The number of aromatic nitrogens is 1. The predicted octanol–water partition coefficient (Wildman–Crippen LogP) is 2.65. The molecule has 5 nitrogen and oxygen atoms in total. The molecule has 2 N–H and O–H groups in total. The zero-order valence-corrected chi connectivity index (χ0v) is 14.6. The average molecular weight is 315 g/mol. The zero-order chi connectivity index (χ0) is 16.0. The van der Waals surface area contributed by atoms with Crippen LogP contribution >= 0.6 is 0 Å². The average Bonchev–Trinajstić information content (AvgIpc) is 2.81. The molecule has 0 amide bonds. The Kier molecular flexibility index (Phi) is 6.90. The molecule has 1 heterocycles. The van der Waals surface area contributed by atoms with Crippen LogP contribution in [0.15, 0.2) is 17.2 Å². The summed E-state index contributed by atoms with van der Waals surface area (Å²) in [5.41, 5.74) is 0.995. The van der Waals surface area contributed by atoms with Gasteiger partial charge in [0.1, 0.15) is 0 Å². The smallest absolute Gasteiger partial charge is 0.242 e. The molecule has 0 unspecified atom stereocenters. The van der Waals surface area contributed by atoms with Gasteiger partial charge in [0, 0.05) is 37.1 Å². The van der Waals surface area contributed by atoms with Crippen molar-refractivity contribution < 1.29 is 8.42 Å². The van der Waals surface area contributed by atoms with Gasteiger partial charge in [0.2, 0.25) is 10.0 Å². The monoisotopic (exact) mass is 315 g/mol. The summed E-state index contributed by atoms with van der Waals surface area (Å²) in [7, 11) is -3.40. The Morgan fingerprint density at radius 3 is 2.43 bits per heavy atom. The molecule has 0 aliphatic carbocycles. The summed E-state index contributed by atoms with van der Waals surface area (Å²) < 4.78 is 29.3. The molecule has 0 bridgehead atoms. The maximum Gasteiger partial charge on any atom is 0.242 e. The van der Waals surface area contributed by atoms with Crippen LogP contribution in [-0.2, 0) is 16.6 Å². The molecule has 0 aliphatic rings. The van der Waals surface area contributed by atoms with E-state index in [0.717, 1.165) is 18.5 Å². The van der Waals surface area contributed by atoms with Crippen LogP contribution < -0.4 is 10.0 Å². The van der Waals surface area contributed by atoms with Crippen molar-refractivity contribution in [3.8, 4) is 0 Å². The van der Waals surface area contributed by atoms with E-state index < -0.39 is 10.0 Å². The Morgan fingerprint density at radius 2 is 1.90 bits per heavy atom. The molecule has 122 valence electrons. The van der Waals surface area contributed by atoms with E-state index in [9.17, 15) is 8.42 Å². The van der Waals surface area contributed by atoms with Crippen LogP contribution in [0.2, 0.25) is 0 Å². The van der Waals surface area contributed by atoms with Crippen molar-refractivity contribution in [2.24, 2.45) is 0 Å². The Morgan fingerprint density at radius 1 is 1.24 bits per heavy atom. The molecule has 1 rings (SSSR count). The first-order valence-corrected chi connectivity index (χ1v) is 9.20. The summed E-state index contributed by atoms with van der Waals surface area (Å²) in [5, 5.41) is 3.34. The molecule has 6 heteroatoms. The molecule has 0 atom stereocenters. The van der Waals surface area contributed by atoms with Gasteiger partial charge < -0.3 is 9.88 Å². The van der Waals surface area contributed by atoms with E-state index >= 15 is 0 Å². The predicted molar refractivity (Wildman–Crippen MR) is 86.9 cm³/mol. The minimum absolute atomic E-state index is 0.230. The fourth-order valence-corrected chi connectivity index (χ4v) is 3.16.